The number of benzene rings is 3. The Balaban J connectivity index is 1.13. The number of fused-ring (bicyclic) bond motifs is 5. The molecule has 340 valence electrons. The van der Waals surface area contributed by atoms with Gasteiger partial charge in [0.15, 0.2) is 6.29 Å². The molecule has 0 N–H and O–H groups in total. The smallest absolute Gasteiger partial charge is 0.296 e. The molecule has 3 aromatic rings. The fourth-order valence-corrected chi connectivity index (χ4v) is 13.1. The van der Waals surface area contributed by atoms with Crippen molar-refractivity contribution < 1.29 is 40.3 Å². The highest BCUT2D eigenvalue weighted by molar-refractivity contribution is 7.86. The van der Waals surface area contributed by atoms with Crippen molar-refractivity contribution in [1.29, 1.82) is 0 Å². The summed E-state index contributed by atoms with van der Waals surface area (Å²) in [6, 6.07) is 27.3. The normalized spacial score (nSPS) is 29.9. The molecule has 4 aliphatic carbocycles. The number of rotatable bonds is 19. The van der Waals surface area contributed by atoms with E-state index in [1.54, 1.807) is 38.1 Å². The lowest BCUT2D eigenvalue weighted by Gasteiger charge is -2.60. The summed E-state index contributed by atoms with van der Waals surface area (Å²) in [7, 11) is -4.11. The van der Waals surface area contributed by atoms with E-state index in [0.717, 1.165) is 61.6 Å². The van der Waals surface area contributed by atoms with Gasteiger partial charge < -0.3 is 18.9 Å². The van der Waals surface area contributed by atoms with Crippen LogP contribution >= 0.6 is 0 Å². The minimum atomic E-state index is -4.11. The quantitative estimate of drug-likeness (QED) is 0.0674. The number of ether oxygens (including phenoxy) is 4. The molecule has 10 heteroatoms. The zero-order valence-corrected chi connectivity index (χ0v) is 38.8. The number of aryl methyl sites for hydroxylation is 1. The van der Waals surface area contributed by atoms with Crippen molar-refractivity contribution in [2.45, 2.75) is 154 Å². The van der Waals surface area contributed by atoms with Gasteiger partial charge in [-0.2, -0.15) is 8.42 Å². The molecule has 0 heterocycles. The van der Waals surface area contributed by atoms with E-state index in [4.69, 9.17) is 23.1 Å². The standard InChI is InChI=1S/C52H70F2O7S/c1-8-57-37(3)61-49(4,5)52(53,54)30-27-40(35-60-62(55,56)43-22-19-36(2)20-23-43)45-25-26-46-44-24-21-41-31-42(58-33-38-15-11-9-12-16-38)32-48(59-34-39-17-13-10-14-18-39)51(41,7)47(44)28-29-50(45,46)6/h9-23,37,40,42,44-48H,8,24-35H2,1-7H3/t37?,40-,42+,44-,45+,46-,47-,48-,50+,51-/m0/s1. The van der Waals surface area contributed by atoms with Gasteiger partial charge in [0.05, 0.1) is 36.9 Å². The van der Waals surface area contributed by atoms with Crippen LogP contribution in [0.15, 0.2) is 101 Å². The van der Waals surface area contributed by atoms with Crippen molar-refractivity contribution in [3.05, 3.63) is 113 Å². The van der Waals surface area contributed by atoms with E-state index in [1.807, 2.05) is 19.1 Å². The lowest BCUT2D eigenvalue weighted by molar-refractivity contribution is -0.265. The largest absolute Gasteiger partial charge is 0.373 e. The third-order valence-corrected chi connectivity index (χ3v) is 17.0. The maximum Gasteiger partial charge on any atom is 0.296 e. The van der Waals surface area contributed by atoms with Crippen molar-refractivity contribution >= 4 is 10.1 Å². The third kappa shape index (κ3) is 9.96. The van der Waals surface area contributed by atoms with Gasteiger partial charge in [-0.05, 0) is 138 Å². The van der Waals surface area contributed by atoms with Crippen LogP contribution < -0.4 is 0 Å². The van der Waals surface area contributed by atoms with Crippen molar-refractivity contribution in [1.82, 2.24) is 0 Å². The molecule has 0 aliphatic heterocycles. The number of hydrogen-bond acceptors (Lipinski definition) is 7. The molecular formula is C52H70F2O7S. The van der Waals surface area contributed by atoms with Gasteiger partial charge in [0, 0.05) is 24.9 Å². The Kier molecular flexibility index (Phi) is 14.6. The summed E-state index contributed by atoms with van der Waals surface area (Å²) in [4.78, 5) is 0.0740. The molecule has 3 saturated carbocycles. The van der Waals surface area contributed by atoms with Crippen LogP contribution in [0.5, 0.6) is 0 Å². The highest BCUT2D eigenvalue weighted by Gasteiger charge is 2.62. The molecular weight excluding hydrogens is 807 g/mol. The average molecular weight is 877 g/mol. The first-order valence-electron chi connectivity index (χ1n) is 23.1. The molecule has 7 nitrogen and oxygen atoms in total. The molecule has 0 amide bonds. The van der Waals surface area contributed by atoms with E-state index >= 15 is 8.78 Å². The van der Waals surface area contributed by atoms with Gasteiger partial charge in [-0.15, -0.1) is 0 Å². The highest BCUT2D eigenvalue weighted by Crippen LogP contribution is 2.68. The maximum atomic E-state index is 16.3. The van der Waals surface area contributed by atoms with Crippen molar-refractivity contribution in [3.63, 3.8) is 0 Å². The zero-order valence-electron chi connectivity index (χ0n) is 38.0. The molecule has 10 atom stereocenters. The Morgan fingerprint density at radius 3 is 2.15 bits per heavy atom. The van der Waals surface area contributed by atoms with Crippen molar-refractivity contribution in [2.75, 3.05) is 13.2 Å². The van der Waals surface area contributed by atoms with Crippen LogP contribution in [0.3, 0.4) is 0 Å². The Morgan fingerprint density at radius 2 is 1.50 bits per heavy atom. The summed E-state index contributed by atoms with van der Waals surface area (Å²) in [6.45, 7) is 14.3. The molecule has 3 fully saturated rings. The molecule has 0 spiro atoms. The second-order valence-electron chi connectivity index (χ2n) is 19.7. The molecule has 7 rings (SSSR count). The van der Waals surface area contributed by atoms with E-state index in [-0.39, 0.29) is 46.9 Å². The minimum Gasteiger partial charge on any atom is -0.373 e. The summed E-state index contributed by atoms with van der Waals surface area (Å²) in [5.74, 6) is -2.47. The predicted molar refractivity (Wildman–Crippen MR) is 239 cm³/mol. The van der Waals surface area contributed by atoms with Crippen LogP contribution in [0, 0.1) is 47.3 Å². The van der Waals surface area contributed by atoms with Crippen LogP contribution in [0.1, 0.15) is 116 Å². The molecule has 1 unspecified atom stereocenters. The van der Waals surface area contributed by atoms with Gasteiger partial charge in [0.25, 0.3) is 16.0 Å². The number of halogens is 2. The fraction of sp³-hybridized carbons (Fsp3) is 0.615. The number of alkyl halides is 2. The molecule has 0 bridgehead atoms. The maximum absolute atomic E-state index is 16.3. The predicted octanol–water partition coefficient (Wildman–Crippen LogP) is 12.3. The molecule has 62 heavy (non-hydrogen) atoms. The van der Waals surface area contributed by atoms with Crippen molar-refractivity contribution in [3.8, 4) is 0 Å². The lowest BCUT2D eigenvalue weighted by Crippen LogP contribution is -2.56. The van der Waals surface area contributed by atoms with Crippen molar-refractivity contribution in [2.24, 2.45) is 40.4 Å². The van der Waals surface area contributed by atoms with Crippen LogP contribution in [-0.4, -0.2) is 51.7 Å². The topological polar surface area (TPSA) is 80.3 Å². The summed E-state index contributed by atoms with van der Waals surface area (Å²) in [6.07, 6.45) is 7.75. The third-order valence-electron chi connectivity index (χ3n) is 15.7. The van der Waals surface area contributed by atoms with E-state index in [9.17, 15) is 8.42 Å². The molecule has 0 radical (unpaired) electrons. The molecule has 4 aliphatic rings. The summed E-state index contributed by atoms with van der Waals surface area (Å²) in [5.41, 5.74) is 2.54. The Bertz CT molecular complexity index is 2060. The van der Waals surface area contributed by atoms with Crippen LogP contribution in [-0.2, 0) is 46.5 Å². The van der Waals surface area contributed by atoms with Gasteiger partial charge in [-0.25, -0.2) is 8.78 Å². The summed E-state index contributed by atoms with van der Waals surface area (Å²) in [5, 5.41) is 0. The number of hydrogen-bond donors (Lipinski definition) is 0. The van der Waals surface area contributed by atoms with E-state index in [2.05, 4.69) is 68.5 Å². The molecule has 3 aromatic carbocycles. The second kappa shape index (κ2) is 19.2. The first-order valence-corrected chi connectivity index (χ1v) is 24.5. The zero-order chi connectivity index (χ0) is 44.3. The first kappa shape index (κ1) is 47.0. The van der Waals surface area contributed by atoms with Gasteiger partial charge >= 0.3 is 0 Å². The van der Waals surface area contributed by atoms with Gasteiger partial charge in [0.1, 0.15) is 5.60 Å². The molecule has 0 saturated heterocycles. The van der Waals surface area contributed by atoms with E-state index < -0.39 is 40.3 Å². The fourth-order valence-electron chi connectivity index (χ4n) is 12.2. The SMILES string of the molecule is CCOC(C)OC(C)(C)C(F)(F)CC[C@@H](COS(=O)(=O)c1ccc(C)cc1)[C@H]1CC[C@H]2[C@@H]3CC=C4C[C@@H](OCc5ccccc5)C[C@H](OCc5ccccc5)[C@]4(C)[C@H]3CC[C@]12C. The second-order valence-corrected chi connectivity index (χ2v) is 21.3. The molecule has 0 aromatic heterocycles. The first-order chi connectivity index (χ1) is 29.5. The summed E-state index contributed by atoms with van der Waals surface area (Å²) >= 11 is 0. The monoisotopic (exact) mass is 876 g/mol. The van der Waals surface area contributed by atoms with E-state index in [1.165, 1.54) is 19.4 Å². The van der Waals surface area contributed by atoms with Crippen LogP contribution in [0.25, 0.3) is 0 Å². The minimum absolute atomic E-state index is 0.00859. The Morgan fingerprint density at radius 1 is 0.855 bits per heavy atom. The van der Waals surface area contributed by atoms with Crippen LogP contribution in [0.4, 0.5) is 8.78 Å². The number of allylic oxidation sites excluding steroid dienone is 1. The van der Waals surface area contributed by atoms with Gasteiger partial charge in [0.2, 0.25) is 0 Å². The van der Waals surface area contributed by atoms with Crippen LogP contribution in [0.2, 0.25) is 0 Å². The Labute approximate surface area is 370 Å². The lowest BCUT2D eigenvalue weighted by atomic mass is 9.46. The van der Waals surface area contributed by atoms with Gasteiger partial charge in [-0.1, -0.05) is 104 Å². The highest BCUT2D eigenvalue weighted by atomic mass is 32.2. The average Bonchev–Trinajstić information content (AvgIpc) is 3.60. The summed E-state index contributed by atoms with van der Waals surface area (Å²) < 4.78 is 90.5. The van der Waals surface area contributed by atoms with E-state index in [0.29, 0.717) is 37.6 Å². The van der Waals surface area contributed by atoms with Gasteiger partial charge in [-0.3, -0.25) is 4.18 Å². The Hall–Kier alpha value is -2.99.